The van der Waals surface area contributed by atoms with E-state index in [9.17, 15) is 9.59 Å². The fourth-order valence-corrected chi connectivity index (χ4v) is 3.03. The van der Waals surface area contributed by atoms with Gasteiger partial charge in [-0.1, -0.05) is 40.6 Å². The number of azide groups is 2. The van der Waals surface area contributed by atoms with Crippen LogP contribution < -0.4 is 10.6 Å². The molecule has 12 nitrogen and oxygen atoms in total. The van der Waals surface area contributed by atoms with Gasteiger partial charge in [0.25, 0.3) is 0 Å². The summed E-state index contributed by atoms with van der Waals surface area (Å²) >= 11 is 0. The molecule has 1 aromatic rings. The summed E-state index contributed by atoms with van der Waals surface area (Å²) in [4.78, 5) is 28.7. The van der Waals surface area contributed by atoms with Crippen molar-refractivity contribution < 1.29 is 19.1 Å². The molecular weight excluding hydrogens is 380 g/mol. The van der Waals surface area contributed by atoms with Gasteiger partial charge in [0, 0.05) is 30.2 Å². The maximum atomic E-state index is 11.7. The first kappa shape index (κ1) is 22.0. The number of carbonyl (C=O) groups is 2. The zero-order chi connectivity index (χ0) is 21.2. The number of rotatable bonds is 8. The van der Waals surface area contributed by atoms with Crippen LogP contribution in [0.2, 0.25) is 0 Å². The standard InChI is InChI=1S/C17H22N8O4/c1-10(26)20-8-13-14(22-24-18)15(23-25-19)16(21-11(2)27)17(29-13)28-9-12-6-4-3-5-7-12/h3-7,13-17H,8-9H2,1-2H3,(H,20,26)(H,21,27). The monoisotopic (exact) mass is 402 g/mol. The van der Waals surface area contributed by atoms with Crippen molar-refractivity contribution >= 4 is 11.8 Å². The second-order valence-electron chi connectivity index (χ2n) is 6.39. The van der Waals surface area contributed by atoms with Gasteiger partial charge in [0.2, 0.25) is 11.8 Å². The van der Waals surface area contributed by atoms with Crippen molar-refractivity contribution in [2.45, 2.75) is 51.0 Å². The van der Waals surface area contributed by atoms with Crippen LogP contribution in [0.3, 0.4) is 0 Å². The molecule has 29 heavy (non-hydrogen) atoms. The molecule has 0 aromatic heterocycles. The minimum Gasteiger partial charge on any atom is -0.354 e. The van der Waals surface area contributed by atoms with Gasteiger partial charge in [-0.05, 0) is 16.6 Å². The predicted molar refractivity (Wildman–Crippen MR) is 102 cm³/mol. The maximum Gasteiger partial charge on any atom is 0.217 e. The average Bonchev–Trinajstić information content (AvgIpc) is 2.69. The average molecular weight is 402 g/mol. The van der Waals surface area contributed by atoms with E-state index in [0.717, 1.165) is 5.56 Å². The van der Waals surface area contributed by atoms with Crippen molar-refractivity contribution in [3.63, 3.8) is 0 Å². The fraction of sp³-hybridized carbons (Fsp3) is 0.529. The lowest BCUT2D eigenvalue weighted by Gasteiger charge is -2.43. The van der Waals surface area contributed by atoms with E-state index in [0.29, 0.717) is 0 Å². The first-order chi connectivity index (χ1) is 14.0. The quantitative estimate of drug-likeness (QED) is 0.384. The SMILES string of the molecule is CC(=O)NCC1OC(OCc2ccccc2)C(NC(C)=O)C(N=[N+]=[N-])C1N=[N+]=[N-]. The van der Waals surface area contributed by atoms with Crippen LogP contribution in [-0.4, -0.2) is 48.9 Å². The Kier molecular flexibility index (Phi) is 8.26. The molecule has 0 aliphatic carbocycles. The van der Waals surface area contributed by atoms with Crippen LogP contribution in [0.4, 0.5) is 0 Å². The molecule has 154 valence electrons. The number of amides is 2. The highest BCUT2D eigenvalue weighted by molar-refractivity contribution is 5.73. The van der Waals surface area contributed by atoms with E-state index in [1.807, 2.05) is 30.3 Å². The summed E-state index contributed by atoms with van der Waals surface area (Å²) in [6.45, 7) is 2.81. The van der Waals surface area contributed by atoms with Gasteiger partial charge in [-0.3, -0.25) is 9.59 Å². The summed E-state index contributed by atoms with van der Waals surface area (Å²) in [5.74, 6) is -0.704. The van der Waals surface area contributed by atoms with Crippen LogP contribution in [0.15, 0.2) is 40.6 Å². The van der Waals surface area contributed by atoms with Gasteiger partial charge in [0.15, 0.2) is 6.29 Å². The normalized spacial score (nSPS) is 25.8. The van der Waals surface area contributed by atoms with E-state index in [-0.39, 0.29) is 19.1 Å². The topological polar surface area (TPSA) is 174 Å². The molecule has 5 atom stereocenters. The Labute approximate surface area is 166 Å². The molecular formula is C17H22N8O4. The molecule has 2 rings (SSSR count). The Morgan fingerprint density at radius 1 is 1.10 bits per heavy atom. The number of hydrogen-bond donors (Lipinski definition) is 2. The lowest BCUT2D eigenvalue weighted by atomic mass is 9.92. The van der Waals surface area contributed by atoms with Crippen LogP contribution in [0.5, 0.6) is 0 Å². The molecule has 0 spiro atoms. The van der Waals surface area contributed by atoms with Gasteiger partial charge in [-0.15, -0.1) is 0 Å². The molecule has 1 saturated heterocycles. The van der Waals surface area contributed by atoms with Gasteiger partial charge in [0.1, 0.15) is 0 Å². The zero-order valence-electron chi connectivity index (χ0n) is 16.0. The fourth-order valence-electron chi connectivity index (χ4n) is 3.03. The summed E-state index contributed by atoms with van der Waals surface area (Å²) in [5.41, 5.74) is 18.8. The molecule has 0 saturated carbocycles. The minimum atomic E-state index is -1.00. The molecule has 2 N–H and O–H groups in total. The van der Waals surface area contributed by atoms with Crippen molar-refractivity contribution in [3.05, 3.63) is 56.8 Å². The van der Waals surface area contributed by atoms with E-state index < -0.39 is 36.4 Å². The Morgan fingerprint density at radius 3 is 2.34 bits per heavy atom. The van der Waals surface area contributed by atoms with Gasteiger partial charge in [-0.25, -0.2) is 0 Å². The summed E-state index contributed by atoms with van der Waals surface area (Å²) in [7, 11) is 0. The van der Waals surface area contributed by atoms with Crippen molar-refractivity contribution in [3.8, 4) is 0 Å². The second kappa shape index (κ2) is 10.9. The summed E-state index contributed by atoms with van der Waals surface area (Å²) in [6, 6.07) is 6.46. The number of carbonyl (C=O) groups excluding carboxylic acids is 2. The molecule has 1 aliphatic heterocycles. The molecule has 1 fully saturated rings. The lowest BCUT2D eigenvalue weighted by molar-refractivity contribution is -0.220. The number of hydrogen-bond acceptors (Lipinski definition) is 6. The number of nitrogens with one attached hydrogen (secondary N) is 2. The van der Waals surface area contributed by atoms with Crippen LogP contribution >= 0.6 is 0 Å². The Balaban J connectivity index is 2.32. The van der Waals surface area contributed by atoms with E-state index in [4.69, 9.17) is 20.5 Å². The van der Waals surface area contributed by atoms with Gasteiger partial charge in [-0.2, -0.15) is 0 Å². The summed E-state index contributed by atoms with van der Waals surface area (Å²) in [6.07, 6.45) is -1.82. The van der Waals surface area contributed by atoms with E-state index in [1.165, 1.54) is 13.8 Å². The third-order valence-corrected chi connectivity index (χ3v) is 4.25. The third-order valence-electron chi connectivity index (χ3n) is 4.25. The first-order valence-electron chi connectivity index (χ1n) is 8.87. The zero-order valence-corrected chi connectivity index (χ0v) is 16.0. The Bertz CT molecular complexity index is 807. The van der Waals surface area contributed by atoms with Crippen molar-refractivity contribution in [2.24, 2.45) is 10.2 Å². The van der Waals surface area contributed by atoms with Crippen LogP contribution in [-0.2, 0) is 25.7 Å². The van der Waals surface area contributed by atoms with E-state index in [2.05, 4.69) is 30.7 Å². The van der Waals surface area contributed by atoms with Crippen LogP contribution in [0.25, 0.3) is 20.9 Å². The molecule has 5 unspecified atom stereocenters. The molecule has 0 radical (unpaired) electrons. The van der Waals surface area contributed by atoms with Gasteiger partial charge < -0.3 is 20.1 Å². The highest BCUT2D eigenvalue weighted by atomic mass is 16.7. The highest BCUT2D eigenvalue weighted by Crippen LogP contribution is 2.28. The Morgan fingerprint density at radius 2 is 1.76 bits per heavy atom. The summed E-state index contributed by atoms with van der Waals surface area (Å²) < 4.78 is 11.8. The van der Waals surface area contributed by atoms with Crippen LogP contribution in [0, 0.1) is 0 Å². The highest BCUT2D eigenvalue weighted by Gasteiger charge is 2.46. The second-order valence-corrected chi connectivity index (χ2v) is 6.39. The number of benzene rings is 1. The number of nitrogens with zero attached hydrogens (tertiary/aromatic N) is 6. The minimum absolute atomic E-state index is 0.00839. The molecule has 12 heteroatoms. The smallest absolute Gasteiger partial charge is 0.217 e. The maximum absolute atomic E-state index is 11.7. The summed E-state index contributed by atoms with van der Waals surface area (Å²) in [5, 5.41) is 12.7. The molecule has 0 bridgehead atoms. The third kappa shape index (κ3) is 6.37. The van der Waals surface area contributed by atoms with E-state index >= 15 is 0 Å². The Hall–Kier alpha value is -3.30. The van der Waals surface area contributed by atoms with Crippen molar-refractivity contribution in [1.82, 2.24) is 10.6 Å². The molecule has 1 aromatic carbocycles. The van der Waals surface area contributed by atoms with Crippen molar-refractivity contribution in [2.75, 3.05) is 6.54 Å². The van der Waals surface area contributed by atoms with Gasteiger partial charge in [0.05, 0.1) is 30.8 Å². The lowest BCUT2D eigenvalue weighted by Crippen LogP contribution is -2.64. The van der Waals surface area contributed by atoms with Gasteiger partial charge >= 0.3 is 0 Å². The van der Waals surface area contributed by atoms with Crippen molar-refractivity contribution in [1.29, 1.82) is 0 Å². The molecule has 2 amide bonds. The largest absolute Gasteiger partial charge is 0.354 e. The van der Waals surface area contributed by atoms with Crippen LogP contribution in [0.1, 0.15) is 19.4 Å². The molecule has 1 aliphatic rings. The predicted octanol–water partition coefficient (Wildman–Crippen LogP) is 1.93. The number of ether oxygens (including phenoxy) is 2. The van der Waals surface area contributed by atoms with E-state index in [1.54, 1.807) is 0 Å². The molecule has 1 heterocycles. The first-order valence-corrected chi connectivity index (χ1v) is 8.87.